The molecule has 104 valence electrons. The summed E-state index contributed by atoms with van der Waals surface area (Å²) in [6.45, 7) is 0.256. The number of carboxylic acids is 1. The lowest BCUT2D eigenvalue weighted by molar-refractivity contribution is 0.0697. The summed E-state index contributed by atoms with van der Waals surface area (Å²) in [5.74, 6) is -1.17. The van der Waals surface area contributed by atoms with Crippen LogP contribution in [0.3, 0.4) is 0 Å². The number of sulfonamides is 1. The van der Waals surface area contributed by atoms with Gasteiger partial charge in [0, 0.05) is 13.1 Å². The van der Waals surface area contributed by atoms with Gasteiger partial charge in [0.2, 0.25) is 10.0 Å². The quantitative estimate of drug-likeness (QED) is 0.657. The van der Waals surface area contributed by atoms with Crippen molar-refractivity contribution in [3.8, 4) is 0 Å². The van der Waals surface area contributed by atoms with E-state index in [1.54, 1.807) is 0 Å². The number of nitrogens with two attached hydrogens (primary N) is 1. The van der Waals surface area contributed by atoms with Crippen LogP contribution in [0.1, 0.15) is 16.8 Å². The molecule has 0 spiro atoms. The van der Waals surface area contributed by atoms with Gasteiger partial charge in [-0.3, -0.25) is 0 Å². The predicted octanol–water partition coefficient (Wildman–Crippen LogP) is -0.278. The summed E-state index contributed by atoms with van der Waals surface area (Å²) in [4.78, 5) is 10.6. The highest BCUT2D eigenvalue weighted by molar-refractivity contribution is 7.89. The molecule has 1 heterocycles. The molecule has 0 amide bonds. The number of benzene rings is 1. The first-order valence-corrected chi connectivity index (χ1v) is 7.07. The van der Waals surface area contributed by atoms with Gasteiger partial charge < -0.3 is 15.9 Å². The Morgan fingerprint density at radius 1 is 1.42 bits per heavy atom. The summed E-state index contributed by atoms with van der Waals surface area (Å²) in [5, 5.41) is 18.2. The SMILES string of the molecule is Nc1cc(C(=O)O)ccc1S(=O)(=O)N1CC[C@H](O)C1. The van der Waals surface area contributed by atoms with Crippen LogP contribution in [0.5, 0.6) is 0 Å². The summed E-state index contributed by atoms with van der Waals surface area (Å²) in [5.41, 5.74) is 5.43. The maximum absolute atomic E-state index is 12.3. The molecule has 8 heteroatoms. The Balaban J connectivity index is 2.38. The van der Waals surface area contributed by atoms with Crippen molar-refractivity contribution in [2.24, 2.45) is 0 Å². The highest BCUT2D eigenvalue weighted by Crippen LogP contribution is 2.26. The molecule has 0 radical (unpaired) electrons. The number of β-amino-alcohol motifs (C(OH)–C–C–N with tert-alkyl or cyclic N) is 1. The zero-order valence-corrected chi connectivity index (χ0v) is 10.8. The molecule has 7 nitrogen and oxygen atoms in total. The molecular formula is C11H14N2O5S. The number of rotatable bonds is 3. The molecule has 19 heavy (non-hydrogen) atoms. The number of aliphatic hydroxyl groups is 1. The Labute approximate surface area is 110 Å². The molecule has 1 saturated heterocycles. The molecule has 0 aliphatic carbocycles. The maximum atomic E-state index is 12.3. The Morgan fingerprint density at radius 2 is 2.11 bits per heavy atom. The first kappa shape index (κ1) is 13.8. The molecule has 1 fully saturated rings. The number of anilines is 1. The van der Waals surface area contributed by atoms with Crippen LogP contribution >= 0.6 is 0 Å². The van der Waals surface area contributed by atoms with Gasteiger partial charge in [0.05, 0.1) is 17.4 Å². The monoisotopic (exact) mass is 286 g/mol. The van der Waals surface area contributed by atoms with Crippen LogP contribution in [-0.4, -0.2) is 48.1 Å². The van der Waals surface area contributed by atoms with Gasteiger partial charge in [-0.05, 0) is 24.6 Å². The molecule has 1 aromatic rings. The molecule has 1 atom stereocenters. The minimum Gasteiger partial charge on any atom is -0.478 e. The fourth-order valence-corrected chi connectivity index (χ4v) is 3.57. The van der Waals surface area contributed by atoms with Crippen LogP contribution < -0.4 is 5.73 Å². The Bertz CT molecular complexity index is 614. The van der Waals surface area contributed by atoms with Gasteiger partial charge in [0.25, 0.3) is 0 Å². The Kier molecular flexibility index (Phi) is 3.48. The zero-order chi connectivity index (χ0) is 14.2. The van der Waals surface area contributed by atoms with Crippen molar-refractivity contribution in [2.45, 2.75) is 17.4 Å². The van der Waals surface area contributed by atoms with Crippen molar-refractivity contribution in [1.82, 2.24) is 4.31 Å². The third kappa shape index (κ3) is 2.55. The van der Waals surface area contributed by atoms with Gasteiger partial charge in [-0.15, -0.1) is 0 Å². The standard InChI is InChI=1S/C11H14N2O5S/c12-9-5-7(11(15)16)1-2-10(9)19(17,18)13-4-3-8(14)6-13/h1-2,5,8,14H,3-4,6,12H2,(H,15,16)/t8-/m0/s1. The van der Waals surface area contributed by atoms with Gasteiger partial charge >= 0.3 is 5.97 Å². The predicted molar refractivity (Wildman–Crippen MR) is 67.2 cm³/mol. The average Bonchev–Trinajstić information content (AvgIpc) is 2.76. The molecule has 1 aliphatic rings. The van der Waals surface area contributed by atoms with Crippen LogP contribution in [0.25, 0.3) is 0 Å². The van der Waals surface area contributed by atoms with E-state index in [1.165, 1.54) is 12.1 Å². The fourth-order valence-electron chi connectivity index (χ4n) is 1.98. The number of nitrogens with zero attached hydrogens (tertiary/aromatic N) is 1. The molecular weight excluding hydrogens is 272 g/mol. The first-order valence-electron chi connectivity index (χ1n) is 5.63. The average molecular weight is 286 g/mol. The fraction of sp³-hybridized carbons (Fsp3) is 0.364. The van der Waals surface area contributed by atoms with E-state index < -0.39 is 22.1 Å². The van der Waals surface area contributed by atoms with Crippen molar-refractivity contribution < 1.29 is 23.4 Å². The van der Waals surface area contributed by atoms with E-state index in [0.29, 0.717) is 6.42 Å². The number of nitrogen functional groups attached to an aromatic ring is 1. The number of aliphatic hydroxyl groups excluding tert-OH is 1. The second kappa shape index (κ2) is 4.80. The highest BCUT2D eigenvalue weighted by Gasteiger charge is 2.32. The van der Waals surface area contributed by atoms with Crippen LogP contribution in [0.4, 0.5) is 5.69 Å². The molecule has 0 saturated carbocycles. The number of aromatic carboxylic acids is 1. The van der Waals surface area contributed by atoms with E-state index in [9.17, 15) is 18.3 Å². The molecule has 2 rings (SSSR count). The number of carbonyl (C=O) groups is 1. The lowest BCUT2D eigenvalue weighted by Crippen LogP contribution is -2.30. The van der Waals surface area contributed by atoms with Crippen molar-refractivity contribution >= 4 is 21.7 Å². The van der Waals surface area contributed by atoms with Crippen molar-refractivity contribution in [2.75, 3.05) is 18.8 Å². The number of hydrogen-bond donors (Lipinski definition) is 3. The van der Waals surface area contributed by atoms with Gasteiger partial charge in [0.1, 0.15) is 4.90 Å². The highest BCUT2D eigenvalue weighted by atomic mass is 32.2. The summed E-state index contributed by atoms with van der Waals surface area (Å²) in [6.07, 6.45) is -0.291. The van der Waals surface area contributed by atoms with Crippen molar-refractivity contribution in [3.05, 3.63) is 23.8 Å². The van der Waals surface area contributed by atoms with Gasteiger partial charge in [-0.2, -0.15) is 4.31 Å². The van der Waals surface area contributed by atoms with E-state index in [-0.39, 0.29) is 29.2 Å². The third-order valence-corrected chi connectivity index (χ3v) is 4.94. The molecule has 0 unspecified atom stereocenters. The molecule has 4 N–H and O–H groups in total. The van der Waals surface area contributed by atoms with Crippen LogP contribution in [0, 0.1) is 0 Å². The second-order valence-electron chi connectivity index (χ2n) is 4.36. The minimum atomic E-state index is -3.79. The van der Waals surface area contributed by atoms with Crippen LogP contribution in [-0.2, 0) is 10.0 Å². The molecule has 0 bridgehead atoms. The topological polar surface area (TPSA) is 121 Å². The summed E-state index contributed by atoms with van der Waals surface area (Å²) in [7, 11) is -3.79. The largest absolute Gasteiger partial charge is 0.478 e. The normalized spacial score (nSPS) is 20.6. The number of hydrogen-bond acceptors (Lipinski definition) is 5. The molecule has 0 aromatic heterocycles. The third-order valence-electron chi connectivity index (χ3n) is 3.00. The second-order valence-corrected chi connectivity index (χ2v) is 6.27. The van der Waals surface area contributed by atoms with Gasteiger partial charge in [-0.25, -0.2) is 13.2 Å². The van der Waals surface area contributed by atoms with E-state index in [2.05, 4.69) is 0 Å². The zero-order valence-electron chi connectivity index (χ0n) is 9.98. The van der Waals surface area contributed by atoms with E-state index in [0.717, 1.165) is 10.4 Å². The van der Waals surface area contributed by atoms with Gasteiger partial charge in [-0.1, -0.05) is 0 Å². The Hall–Kier alpha value is -1.64. The van der Waals surface area contributed by atoms with E-state index in [1.807, 2.05) is 0 Å². The molecule has 1 aromatic carbocycles. The summed E-state index contributed by atoms with van der Waals surface area (Å²) >= 11 is 0. The van der Waals surface area contributed by atoms with E-state index in [4.69, 9.17) is 10.8 Å². The summed E-state index contributed by atoms with van der Waals surface area (Å²) in [6, 6.07) is 3.48. The lowest BCUT2D eigenvalue weighted by atomic mass is 10.2. The Morgan fingerprint density at radius 3 is 2.58 bits per heavy atom. The minimum absolute atomic E-state index is 0.0302. The molecule has 1 aliphatic heterocycles. The first-order chi connectivity index (χ1) is 8.82. The van der Waals surface area contributed by atoms with Crippen molar-refractivity contribution in [1.29, 1.82) is 0 Å². The number of carboxylic acid groups (broad SMARTS) is 1. The van der Waals surface area contributed by atoms with E-state index >= 15 is 0 Å². The summed E-state index contributed by atoms with van der Waals surface area (Å²) < 4.78 is 25.7. The lowest BCUT2D eigenvalue weighted by Gasteiger charge is -2.17. The van der Waals surface area contributed by atoms with Gasteiger partial charge in [0.15, 0.2) is 0 Å². The van der Waals surface area contributed by atoms with Crippen LogP contribution in [0.2, 0.25) is 0 Å². The smallest absolute Gasteiger partial charge is 0.335 e. The van der Waals surface area contributed by atoms with Crippen molar-refractivity contribution in [3.63, 3.8) is 0 Å². The van der Waals surface area contributed by atoms with Crippen LogP contribution in [0.15, 0.2) is 23.1 Å². The maximum Gasteiger partial charge on any atom is 0.335 e.